The number of likely N-dealkylation sites (N-methyl/N-ethyl adjacent to an activating group) is 2. The lowest BCUT2D eigenvalue weighted by Gasteiger charge is -2.39. The monoisotopic (exact) mass is 758 g/mol. The van der Waals surface area contributed by atoms with Gasteiger partial charge in [0.15, 0.2) is 0 Å². The lowest BCUT2D eigenvalue weighted by molar-refractivity contribution is -0.146. The predicted molar refractivity (Wildman–Crippen MR) is 220 cm³/mol. The smallest absolute Gasteiger partial charge is 0.253 e. The number of rotatable bonds is 7. The summed E-state index contributed by atoms with van der Waals surface area (Å²) in [5, 5.41) is 13.9. The van der Waals surface area contributed by atoms with E-state index in [1.807, 2.05) is 44.3 Å². The molecule has 3 saturated heterocycles. The number of nitrogens with zero attached hydrogens (tertiary/aromatic N) is 7. The molecule has 1 aromatic heterocycles. The number of likely N-dealkylation sites (tertiary alicyclic amines) is 2. The molecular weight excluding hydrogens is 708 g/mol. The van der Waals surface area contributed by atoms with Crippen molar-refractivity contribution in [2.45, 2.75) is 57.4 Å². The number of hydrogen-bond acceptors (Lipinski definition) is 9. The summed E-state index contributed by atoms with van der Waals surface area (Å²) in [4.78, 5) is 48.0. The summed E-state index contributed by atoms with van der Waals surface area (Å²) >= 11 is 0. The van der Waals surface area contributed by atoms with Crippen LogP contribution >= 0.6 is 0 Å². The molecule has 0 bridgehead atoms. The summed E-state index contributed by atoms with van der Waals surface area (Å²) in [6, 6.07) is 19.4. The lowest BCUT2D eigenvalue weighted by atomic mass is 9.87. The van der Waals surface area contributed by atoms with Gasteiger partial charge < -0.3 is 29.5 Å². The normalized spacial score (nSPS) is 20.1. The topological polar surface area (TPSA) is 108 Å². The van der Waals surface area contributed by atoms with Gasteiger partial charge in [0.1, 0.15) is 11.9 Å². The molecule has 8 rings (SSSR count). The van der Waals surface area contributed by atoms with E-state index < -0.39 is 6.04 Å². The van der Waals surface area contributed by atoms with Gasteiger partial charge in [0, 0.05) is 76.9 Å². The van der Waals surface area contributed by atoms with Gasteiger partial charge in [0.25, 0.3) is 11.5 Å². The molecule has 1 unspecified atom stereocenters. The second kappa shape index (κ2) is 15.3. The number of aryl methyl sites for hydroxylation is 2. The van der Waals surface area contributed by atoms with Crippen LogP contribution in [0.25, 0.3) is 10.9 Å². The first-order chi connectivity index (χ1) is 27.0. The largest absolute Gasteiger partial charge is 0.374 e. The van der Waals surface area contributed by atoms with Crippen LogP contribution < -0.4 is 25.6 Å². The number of aromatic nitrogens is 1. The van der Waals surface area contributed by atoms with Crippen LogP contribution in [0.2, 0.25) is 0 Å². The van der Waals surface area contributed by atoms with Crippen LogP contribution in [0.4, 0.5) is 32.8 Å². The Bertz CT molecular complexity index is 2280. The number of fused-ring (bicyclic) bond motifs is 2. The maximum absolute atomic E-state index is 15.4. The van der Waals surface area contributed by atoms with Crippen molar-refractivity contribution in [1.29, 1.82) is 5.26 Å². The Hall–Kier alpha value is -5.41. The fourth-order valence-corrected chi connectivity index (χ4v) is 9.33. The highest BCUT2D eigenvalue weighted by Gasteiger charge is 2.33. The van der Waals surface area contributed by atoms with E-state index >= 15 is 4.39 Å². The third-order valence-corrected chi connectivity index (χ3v) is 12.7. The zero-order valence-corrected chi connectivity index (χ0v) is 32.9. The summed E-state index contributed by atoms with van der Waals surface area (Å²) in [5.41, 5.74) is 7.88. The molecule has 4 aromatic rings. The summed E-state index contributed by atoms with van der Waals surface area (Å²) < 4.78 is 17.2. The molecule has 4 aliphatic heterocycles. The summed E-state index contributed by atoms with van der Waals surface area (Å²) in [6.45, 7) is 8.13. The van der Waals surface area contributed by atoms with E-state index in [0.717, 1.165) is 104 Å². The van der Waals surface area contributed by atoms with Crippen LogP contribution in [0.1, 0.15) is 61.1 Å². The van der Waals surface area contributed by atoms with E-state index in [-0.39, 0.29) is 23.2 Å². The van der Waals surface area contributed by atoms with Gasteiger partial charge in [-0.05, 0) is 124 Å². The van der Waals surface area contributed by atoms with Gasteiger partial charge in [-0.15, -0.1) is 0 Å². The number of nitrogens with one attached hydrogen (secondary N) is 1. The first-order valence-corrected chi connectivity index (χ1v) is 20.0. The third-order valence-electron chi connectivity index (χ3n) is 12.7. The van der Waals surface area contributed by atoms with E-state index in [1.165, 1.54) is 18.7 Å². The van der Waals surface area contributed by atoms with Crippen LogP contribution in [0, 0.1) is 30.0 Å². The summed E-state index contributed by atoms with van der Waals surface area (Å²) in [7, 11) is 5.45. The Kier molecular flexibility index (Phi) is 10.2. The van der Waals surface area contributed by atoms with Gasteiger partial charge in [0.05, 0.1) is 39.9 Å². The van der Waals surface area contributed by atoms with Crippen molar-refractivity contribution >= 4 is 51.2 Å². The van der Waals surface area contributed by atoms with E-state index in [2.05, 4.69) is 50.2 Å². The number of benzene rings is 3. The minimum Gasteiger partial charge on any atom is -0.374 e. The first kappa shape index (κ1) is 37.5. The quantitative estimate of drug-likeness (QED) is 0.224. The number of amides is 2. The average Bonchev–Trinajstić information content (AvgIpc) is 3.21. The molecule has 1 atom stereocenters. The zero-order chi connectivity index (χ0) is 39.2. The highest BCUT2D eigenvalue weighted by atomic mass is 19.1. The molecule has 0 spiro atoms. The third kappa shape index (κ3) is 7.09. The molecule has 5 heterocycles. The van der Waals surface area contributed by atoms with Gasteiger partial charge in [-0.3, -0.25) is 19.3 Å². The highest BCUT2D eigenvalue weighted by Crippen LogP contribution is 2.43. The zero-order valence-electron chi connectivity index (χ0n) is 32.9. The van der Waals surface area contributed by atoms with Crippen molar-refractivity contribution < 1.29 is 14.0 Å². The fourth-order valence-electron chi connectivity index (χ4n) is 9.33. The van der Waals surface area contributed by atoms with E-state index in [9.17, 15) is 19.6 Å². The molecule has 11 nitrogen and oxygen atoms in total. The minimum absolute atomic E-state index is 0.0176. The Morgan fingerprint density at radius 1 is 0.804 bits per heavy atom. The molecule has 12 heteroatoms. The molecule has 0 saturated carbocycles. The maximum Gasteiger partial charge on any atom is 0.253 e. The molecule has 292 valence electrons. The molecule has 56 heavy (non-hydrogen) atoms. The number of pyridine rings is 1. The predicted octanol–water partition coefficient (Wildman–Crippen LogP) is 6.10. The molecule has 2 amide bonds. The molecule has 0 radical (unpaired) electrons. The Balaban J connectivity index is 0.920. The van der Waals surface area contributed by atoms with E-state index in [0.29, 0.717) is 47.2 Å². The number of hydrogen-bond donors (Lipinski definition) is 1. The van der Waals surface area contributed by atoms with Gasteiger partial charge in [-0.1, -0.05) is 0 Å². The van der Waals surface area contributed by atoms with Gasteiger partial charge in [0.2, 0.25) is 5.91 Å². The van der Waals surface area contributed by atoms with Crippen molar-refractivity contribution in [2.24, 2.45) is 13.0 Å². The molecule has 3 aromatic carbocycles. The summed E-state index contributed by atoms with van der Waals surface area (Å²) in [5.74, 6) is 0.134. The Morgan fingerprint density at radius 2 is 1.55 bits per heavy atom. The number of piperidine rings is 3. The van der Waals surface area contributed by atoms with Crippen molar-refractivity contribution in [1.82, 2.24) is 14.4 Å². The number of halogens is 1. The highest BCUT2D eigenvalue weighted by molar-refractivity contribution is 6.01. The van der Waals surface area contributed by atoms with E-state index in [1.54, 1.807) is 10.6 Å². The van der Waals surface area contributed by atoms with Crippen LogP contribution in [0.15, 0.2) is 59.4 Å². The number of imide groups is 1. The number of anilines is 5. The van der Waals surface area contributed by atoms with Crippen LogP contribution in [0.3, 0.4) is 0 Å². The van der Waals surface area contributed by atoms with Crippen LogP contribution in [0.5, 0.6) is 0 Å². The second-order valence-corrected chi connectivity index (χ2v) is 16.3. The van der Waals surface area contributed by atoms with Crippen LogP contribution in [-0.4, -0.2) is 92.1 Å². The molecule has 1 N–H and O–H groups in total. The number of carbonyl (C=O) groups is 2. The van der Waals surface area contributed by atoms with Gasteiger partial charge in [-0.2, -0.15) is 5.26 Å². The molecule has 3 fully saturated rings. The first-order valence-electron chi connectivity index (χ1n) is 20.0. The maximum atomic E-state index is 15.4. The van der Waals surface area contributed by atoms with E-state index in [4.69, 9.17) is 0 Å². The van der Waals surface area contributed by atoms with Crippen molar-refractivity contribution in [3.8, 4) is 6.07 Å². The van der Waals surface area contributed by atoms with Crippen molar-refractivity contribution in [3.05, 3.63) is 87.5 Å². The van der Waals surface area contributed by atoms with Crippen LogP contribution in [-0.2, 0) is 16.6 Å². The molecule has 4 aliphatic rings. The lowest BCUT2D eigenvalue weighted by Crippen LogP contribution is -2.48. The van der Waals surface area contributed by atoms with Crippen molar-refractivity contribution in [2.75, 3.05) is 79.9 Å². The van der Waals surface area contributed by atoms with Gasteiger partial charge in [-0.25, -0.2) is 4.39 Å². The second-order valence-electron chi connectivity index (χ2n) is 16.3. The summed E-state index contributed by atoms with van der Waals surface area (Å²) in [6.07, 6.45) is 4.76. The molecular formula is C44H51FN8O3. The Labute approximate surface area is 327 Å². The van der Waals surface area contributed by atoms with Crippen molar-refractivity contribution in [3.63, 3.8) is 0 Å². The molecule has 0 aliphatic carbocycles. The standard InChI is InChI=1S/C44H51FN8O3/c1-28-21-34-39(49(3)43(28)55)23-32(24-40(34)53-20-19-48(2)38-8-5-30(26-46)22-41(38)53)31-13-15-51(16-14-31)27-29-11-17-52(18-12-29)37-9-6-33(25-35(37)45)47-36-7-10-42(54)50(4)44(36)56/h5-6,8-9,21-25,29,31,36,47H,7,10-20,27H2,1-4H3. The minimum atomic E-state index is -0.534. The fraction of sp³-hybridized carbons (Fsp3) is 0.455. The Morgan fingerprint density at radius 3 is 2.29 bits per heavy atom. The average molecular weight is 759 g/mol. The SMILES string of the molecule is Cc1cc2c(N3CCN(C)c4ccc(C#N)cc43)cc(C3CCN(CC4CCN(c5ccc(NC6CCC(=O)N(C)C6=O)cc5F)CC4)CC3)cc2n(C)c1=O. The number of nitriles is 1. The van der Waals surface area contributed by atoms with Gasteiger partial charge >= 0.3 is 0 Å². The number of carbonyl (C=O) groups excluding carboxylic acids is 2.